The van der Waals surface area contributed by atoms with Crippen LogP contribution < -0.4 is 14.2 Å². The van der Waals surface area contributed by atoms with E-state index in [0.29, 0.717) is 42.3 Å². The fourth-order valence-corrected chi connectivity index (χ4v) is 5.07. The van der Waals surface area contributed by atoms with Crippen LogP contribution in [0.5, 0.6) is 17.2 Å². The first kappa shape index (κ1) is 29.0. The van der Waals surface area contributed by atoms with Gasteiger partial charge in [-0.3, -0.25) is 9.59 Å². The Labute approximate surface area is 229 Å². The molecule has 3 aromatic rings. The number of rotatable bonds is 13. The van der Waals surface area contributed by atoms with Gasteiger partial charge in [0.2, 0.25) is 5.91 Å². The number of hydrogen-bond acceptors (Lipinski definition) is 6. The van der Waals surface area contributed by atoms with E-state index in [1.54, 1.807) is 61.8 Å². The summed E-state index contributed by atoms with van der Waals surface area (Å²) >= 11 is 1.68. The number of carbonyl (C=O) groups excluding carboxylic acids is 2. The molecular weight excluding hydrogens is 500 g/mol. The quantitative estimate of drug-likeness (QED) is 0.284. The van der Waals surface area contributed by atoms with Crippen molar-refractivity contribution in [3.63, 3.8) is 0 Å². The maximum atomic E-state index is 13.8. The molecule has 0 N–H and O–H groups in total. The molecule has 0 fully saturated rings. The fraction of sp³-hybridized carbons (Fsp3) is 0.400. The number of aryl methyl sites for hydroxylation is 1. The van der Waals surface area contributed by atoms with Gasteiger partial charge in [0.25, 0.3) is 5.91 Å². The number of benzene rings is 2. The number of carbonyl (C=O) groups is 2. The lowest BCUT2D eigenvalue weighted by atomic mass is 10.1. The van der Waals surface area contributed by atoms with Crippen molar-refractivity contribution >= 4 is 23.2 Å². The van der Waals surface area contributed by atoms with E-state index >= 15 is 0 Å². The van der Waals surface area contributed by atoms with Crippen molar-refractivity contribution in [2.75, 3.05) is 34.4 Å². The predicted molar refractivity (Wildman–Crippen MR) is 152 cm³/mol. The normalized spacial score (nSPS) is 11.5. The lowest BCUT2D eigenvalue weighted by Gasteiger charge is -2.31. The maximum Gasteiger partial charge on any atom is 0.254 e. The van der Waals surface area contributed by atoms with Crippen LogP contribution in [-0.4, -0.2) is 62.1 Å². The average Bonchev–Trinajstić information content (AvgIpc) is 3.36. The third kappa shape index (κ3) is 7.51. The van der Waals surface area contributed by atoms with Gasteiger partial charge in [-0.2, -0.15) is 0 Å². The van der Waals surface area contributed by atoms with Crippen LogP contribution >= 0.6 is 11.3 Å². The van der Waals surface area contributed by atoms with E-state index in [9.17, 15) is 9.59 Å². The third-order valence-electron chi connectivity index (χ3n) is 6.62. The van der Waals surface area contributed by atoms with E-state index in [4.69, 9.17) is 14.2 Å². The summed E-state index contributed by atoms with van der Waals surface area (Å²) in [4.78, 5) is 33.1. The molecule has 0 radical (unpaired) electrons. The monoisotopic (exact) mass is 538 g/mol. The van der Waals surface area contributed by atoms with Gasteiger partial charge in [-0.25, -0.2) is 0 Å². The highest BCUT2D eigenvalue weighted by Gasteiger charge is 2.26. The van der Waals surface area contributed by atoms with Gasteiger partial charge < -0.3 is 24.0 Å². The SMILES string of the molecule is CC[C@H](C)N(CC(=O)N(CCc1ccc(OC)c(OC)c1)Cc1ccc(C)s1)C(=O)c1cccc(OC)c1. The second-order valence-corrected chi connectivity index (χ2v) is 10.6. The Morgan fingerprint density at radius 2 is 1.71 bits per heavy atom. The number of thiophene rings is 1. The fourth-order valence-electron chi connectivity index (χ4n) is 4.17. The molecule has 0 aliphatic carbocycles. The molecule has 1 atom stereocenters. The molecule has 0 spiro atoms. The second kappa shape index (κ2) is 13.9. The zero-order valence-electron chi connectivity index (χ0n) is 23.2. The van der Waals surface area contributed by atoms with Crippen molar-refractivity contribution in [2.24, 2.45) is 0 Å². The topological polar surface area (TPSA) is 68.3 Å². The average molecular weight is 539 g/mol. The first-order valence-electron chi connectivity index (χ1n) is 12.8. The molecule has 38 heavy (non-hydrogen) atoms. The molecule has 3 rings (SSSR count). The highest BCUT2D eigenvalue weighted by atomic mass is 32.1. The molecule has 2 amide bonds. The van der Waals surface area contributed by atoms with Crippen molar-refractivity contribution in [1.29, 1.82) is 0 Å². The third-order valence-corrected chi connectivity index (χ3v) is 7.61. The van der Waals surface area contributed by atoms with Crippen LogP contribution in [-0.2, 0) is 17.8 Å². The van der Waals surface area contributed by atoms with Crippen molar-refractivity contribution in [1.82, 2.24) is 9.80 Å². The van der Waals surface area contributed by atoms with Gasteiger partial charge >= 0.3 is 0 Å². The predicted octanol–water partition coefficient (Wildman–Crippen LogP) is 5.59. The van der Waals surface area contributed by atoms with Crippen LogP contribution in [0, 0.1) is 6.92 Å². The molecular formula is C30H38N2O5S. The van der Waals surface area contributed by atoms with E-state index in [2.05, 4.69) is 19.1 Å². The molecule has 7 nitrogen and oxygen atoms in total. The zero-order chi connectivity index (χ0) is 27.7. The van der Waals surface area contributed by atoms with E-state index in [1.165, 1.54) is 4.88 Å². The Kier molecular flexibility index (Phi) is 10.6. The first-order chi connectivity index (χ1) is 18.3. The molecule has 0 aliphatic rings. The van der Waals surface area contributed by atoms with Gasteiger partial charge in [0.15, 0.2) is 11.5 Å². The summed E-state index contributed by atoms with van der Waals surface area (Å²) in [6.45, 7) is 7.05. The van der Waals surface area contributed by atoms with Crippen LogP contribution in [0.3, 0.4) is 0 Å². The van der Waals surface area contributed by atoms with Crippen LogP contribution in [0.4, 0.5) is 0 Å². The zero-order valence-corrected chi connectivity index (χ0v) is 24.0. The standard InChI is InChI=1S/C30H38N2O5S/c1-7-21(2)32(30(34)24-9-8-10-25(18-24)35-4)20-29(33)31(19-26-13-11-22(3)38-26)16-15-23-12-14-27(36-5)28(17-23)37-6/h8-14,17-18,21H,7,15-16,19-20H2,1-6H3/t21-/m0/s1. The van der Waals surface area contributed by atoms with Crippen LogP contribution in [0.2, 0.25) is 0 Å². The molecule has 8 heteroatoms. The summed E-state index contributed by atoms with van der Waals surface area (Å²) in [5, 5.41) is 0. The lowest BCUT2D eigenvalue weighted by molar-refractivity contribution is -0.132. The lowest BCUT2D eigenvalue weighted by Crippen LogP contribution is -2.46. The minimum absolute atomic E-state index is 0.00133. The Balaban J connectivity index is 1.83. The van der Waals surface area contributed by atoms with Crippen LogP contribution in [0.1, 0.15) is 45.9 Å². The summed E-state index contributed by atoms with van der Waals surface area (Å²) in [6.07, 6.45) is 1.38. The van der Waals surface area contributed by atoms with E-state index in [1.807, 2.05) is 36.9 Å². The second-order valence-electron chi connectivity index (χ2n) is 9.19. The Morgan fingerprint density at radius 3 is 2.34 bits per heavy atom. The largest absolute Gasteiger partial charge is 0.497 e. The minimum Gasteiger partial charge on any atom is -0.497 e. The summed E-state index contributed by atoms with van der Waals surface area (Å²) in [5.74, 6) is 1.66. The summed E-state index contributed by atoms with van der Waals surface area (Å²) in [6, 6.07) is 16.9. The number of nitrogens with zero attached hydrogens (tertiary/aromatic N) is 2. The van der Waals surface area contributed by atoms with Gasteiger partial charge in [-0.05, 0) is 74.7 Å². The molecule has 1 aromatic heterocycles. The molecule has 0 aliphatic heterocycles. The summed E-state index contributed by atoms with van der Waals surface area (Å²) < 4.78 is 16.1. The Morgan fingerprint density at radius 1 is 0.947 bits per heavy atom. The van der Waals surface area contributed by atoms with Crippen molar-refractivity contribution < 1.29 is 23.8 Å². The Bertz CT molecular complexity index is 1220. The highest BCUT2D eigenvalue weighted by Crippen LogP contribution is 2.28. The number of hydrogen-bond donors (Lipinski definition) is 0. The summed E-state index contributed by atoms with van der Waals surface area (Å²) in [7, 11) is 4.79. The molecule has 1 heterocycles. The van der Waals surface area contributed by atoms with Crippen molar-refractivity contribution in [2.45, 2.75) is 46.2 Å². The molecule has 0 saturated heterocycles. The van der Waals surface area contributed by atoms with Gasteiger partial charge in [0, 0.05) is 27.9 Å². The maximum absolute atomic E-state index is 13.8. The Hall–Kier alpha value is -3.52. The molecule has 0 bridgehead atoms. The van der Waals surface area contributed by atoms with Crippen LogP contribution in [0.25, 0.3) is 0 Å². The van der Waals surface area contributed by atoms with Gasteiger partial charge in [0.1, 0.15) is 12.3 Å². The summed E-state index contributed by atoms with van der Waals surface area (Å²) in [5.41, 5.74) is 1.54. The van der Waals surface area contributed by atoms with Crippen molar-refractivity contribution in [3.8, 4) is 17.2 Å². The minimum atomic E-state index is -0.182. The number of methoxy groups -OCH3 is 3. The molecule has 2 aromatic carbocycles. The molecule has 0 unspecified atom stereocenters. The number of amides is 2. The van der Waals surface area contributed by atoms with Gasteiger partial charge in [-0.1, -0.05) is 19.1 Å². The van der Waals surface area contributed by atoms with E-state index in [-0.39, 0.29) is 24.4 Å². The number of ether oxygens (including phenoxy) is 3. The highest BCUT2D eigenvalue weighted by molar-refractivity contribution is 7.11. The molecule has 204 valence electrons. The van der Waals surface area contributed by atoms with Crippen LogP contribution in [0.15, 0.2) is 54.6 Å². The van der Waals surface area contributed by atoms with Crippen molar-refractivity contribution in [3.05, 3.63) is 75.5 Å². The molecule has 0 saturated carbocycles. The first-order valence-corrected chi connectivity index (χ1v) is 13.6. The van der Waals surface area contributed by atoms with Gasteiger partial charge in [-0.15, -0.1) is 11.3 Å². The smallest absolute Gasteiger partial charge is 0.254 e. The van der Waals surface area contributed by atoms with E-state index in [0.717, 1.165) is 16.9 Å². The van der Waals surface area contributed by atoms with E-state index < -0.39 is 0 Å². The van der Waals surface area contributed by atoms with Gasteiger partial charge in [0.05, 0.1) is 27.9 Å².